The Morgan fingerprint density at radius 1 is 1.06 bits per heavy atom. The highest BCUT2D eigenvalue weighted by Gasteiger charge is 2.60. The van der Waals surface area contributed by atoms with Crippen molar-refractivity contribution in [3.63, 3.8) is 0 Å². The van der Waals surface area contributed by atoms with E-state index in [9.17, 15) is 14.4 Å². The number of carbonyl (C=O) groups excluding carboxylic acids is 3. The number of fused-ring (bicyclic) bond motifs is 5. The summed E-state index contributed by atoms with van der Waals surface area (Å²) in [5.41, 5.74) is 0.750. The Morgan fingerprint density at radius 2 is 1.68 bits per heavy atom. The molecule has 1 aromatic carbocycles. The van der Waals surface area contributed by atoms with Gasteiger partial charge in [-0.2, -0.15) is 0 Å². The Kier molecular flexibility index (Phi) is 5.20. The molecule has 0 N–H and O–H groups in total. The highest BCUT2D eigenvalue weighted by atomic mass is 35.5. The first kappa shape index (κ1) is 20.7. The van der Waals surface area contributed by atoms with E-state index in [1.165, 1.54) is 4.90 Å². The van der Waals surface area contributed by atoms with E-state index in [1.54, 1.807) is 12.1 Å². The third kappa shape index (κ3) is 3.32. The van der Waals surface area contributed by atoms with Crippen molar-refractivity contribution in [1.82, 2.24) is 9.80 Å². The number of hydrogen-bond donors (Lipinski definition) is 0. The van der Waals surface area contributed by atoms with Crippen LogP contribution >= 0.6 is 11.6 Å². The first-order valence-electron chi connectivity index (χ1n) is 11.5. The minimum Gasteiger partial charge on any atom is -0.337 e. The molecule has 1 aromatic rings. The van der Waals surface area contributed by atoms with Gasteiger partial charge in [0.25, 0.3) is 0 Å². The number of amides is 3. The fourth-order valence-electron chi connectivity index (χ4n) is 6.49. The summed E-state index contributed by atoms with van der Waals surface area (Å²) >= 11 is 6.26. The number of likely N-dealkylation sites (tertiary alicyclic amines) is 2. The topological polar surface area (TPSA) is 57.7 Å². The summed E-state index contributed by atoms with van der Waals surface area (Å²) in [6, 6.07) is 6.96. The second-order valence-corrected chi connectivity index (χ2v) is 10.2. The molecule has 6 heteroatoms. The van der Waals surface area contributed by atoms with Crippen LogP contribution in [0.2, 0.25) is 5.02 Å². The standard InChI is InChI=1S/C25H29ClN2O3/c1-14-5-3-6-15(2)27(14)21(29)13-20(16-7-4-8-19(26)12-16)28-24(30)22-17-9-10-18(11-17)23(22)25(28)31/h4,7-10,12,14-15,17-18,20,22-23H,3,5-6,11,13H2,1-2H3. The zero-order valence-electron chi connectivity index (χ0n) is 18.0. The van der Waals surface area contributed by atoms with Gasteiger partial charge in [-0.05, 0) is 69.1 Å². The molecule has 4 aliphatic rings. The average Bonchev–Trinajstić information content (AvgIpc) is 3.40. The van der Waals surface area contributed by atoms with Gasteiger partial charge in [-0.3, -0.25) is 19.3 Å². The highest BCUT2D eigenvalue weighted by Crippen LogP contribution is 2.54. The lowest BCUT2D eigenvalue weighted by molar-refractivity contribution is -0.146. The van der Waals surface area contributed by atoms with E-state index >= 15 is 0 Å². The number of piperidine rings is 1. The molecule has 7 atom stereocenters. The number of rotatable bonds is 4. The third-order valence-electron chi connectivity index (χ3n) is 7.90. The summed E-state index contributed by atoms with van der Waals surface area (Å²) in [5, 5.41) is 0.538. The maximum atomic E-state index is 13.5. The van der Waals surface area contributed by atoms with Gasteiger partial charge in [-0.1, -0.05) is 35.9 Å². The van der Waals surface area contributed by atoms with Gasteiger partial charge in [0.05, 0.1) is 24.3 Å². The van der Waals surface area contributed by atoms with E-state index in [-0.39, 0.29) is 59.9 Å². The Morgan fingerprint density at radius 3 is 2.26 bits per heavy atom. The van der Waals surface area contributed by atoms with Crippen LogP contribution in [0.4, 0.5) is 0 Å². The number of benzene rings is 1. The van der Waals surface area contributed by atoms with Crippen LogP contribution in [0.5, 0.6) is 0 Å². The number of halogens is 1. The fourth-order valence-corrected chi connectivity index (χ4v) is 6.69. The maximum absolute atomic E-state index is 13.5. The molecule has 0 spiro atoms. The molecule has 2 aliphatic heterocycles. The number of carbonyl (C=O) groups is 3. The molecule has 0 aromatic heterocycles. The monoisotopic (exact) mass is 440 g/mol. The molecule has 5 rings (SSSR count). The Labute approximate surface area is 188 Å². The molecule has 1 saturated carbocycles. The molecule has 3 amide bonds. The number of allylic oxidation sites excluding steroid dienone is 2. The smallest absolute Gasteiger partial charge is 0.234 e. The van der Waals surface area contributed by atoms with Crippen LogP contribution in [0.25, 0.3) is 0 Å². The Bertz CT molecular complexity index is 920. The Balaban J connectivity index is 1.48. The lowest BCUT2D eigenvalue weighted by atomic mass is 9.85. The van der Waals surface area contributed by atoms with E-state index in [0.29, 0.717) is 5.02 Å². The van der Waals surface area contributed by atoms with Gasteiger partial charge < -0.3 is 4.90 Å². The second-order valence-electron chi connectivity index (χ2n) is 9.75. The molecule has 2 heterocycles. The lowest BCUT2D eigenvalue weighted by Crippen LogP contribution is -2.49. The van der Waals surface area contributed by atoms with Gasteiger partial charge in [0, 0.05) is 17.1 Å². The molecule has 3 fully saturated rings. The van der Waals surface area contributed by atoms with Crippen LogP contribution in [-0.4, -0.2) is 39.6 Å². The first-order chi connectivity index (χ1) is 14.9. The summed E-state index contributed by atoms with van der Waals surface area (Å²) in [7, 11) is 0. The summed E-state index contributed by atoms with van der Waals surface area (Å²) in [5.74, 6) is -0.486. The van der Waals surface area contributed by atoms with Gasteiger partial charge in [-0.15, -0.1) is 0 Å². The van der Waals surface area contributed by atoms with E-state index in [0.717, 1.165) is 31.2 Å². The molecule has 0 radical (unpaired) electrons. The molecular weight excluding hydrogens is 412 g/mol. The number of nitrogens with zero attached hydrogens (tertiary/aromatic N) is 2. The highest BCUT2D eigenvalue weighted by molar-refractivity contribution is 6.30. The van der Waals surface area contributed by atoms with Crippen molar-refractivity contribution in [1.29, 1.82) is 0 Å². The van der Waals surface area contributed by atoms with Crippen molar-refractivity contribution in [2.45, 2.75) is 64.1 Å². The van der Waals surface area contributed by atoms with E-state index in [4.69, 9.17) is 11.6 Å². The van der Waals surface area contributed by atoms with Crippen LogP contribution in [0.3, 0.4) is 0 Å². The summed E-state index contributed by atoms with van der Waals surface area (Å²) < 4.78 is 0. The summed E-state index contributed by atoms with van der Waals surface area (Å²) in [4.78, 5) is 43.8. The van der Waals surface area contributed by atoms with Crippen LogP contribution in [0.1, 0.15) is 57.6 Å². The molecule has 5 nitrogen and oxygen atoms in total. The van der Waals surface area contributed by atoms with Gasteiger partial charge in [0.2, 0.25) is 17.7 Å². The summed E-state index contributed by atoms with van der Waals surface area (Å²) in [6.07, 6.45) is 8.27. The van der Waals surface area contributed by atoms with E-state index in [1.807, 2.05) is 17.0 Å². The van der Waals surface area contributed by atoms with Crippen molar-refractivity contribution in [2.24, 2.45) is 23.7 Å². The van der Waals surface area contributed by atoms with Crippen molar-refractivity contribution in [3.05, 3.63) is 47.0 Å². The minimum absolute atomic E-state index is 0.00318. The van der Waals surface area contributed by atoms with E-state index < -0.39 is 6.04 Å². The van der Waals surface area contributed by atoms with Crippen molar-refractivity contribution >= 4 is 29.3 Å². The molecule has 164 valence electrons. The number of hydrogen-bond acceptors (Lipinski definition) is 3. The maximum Gasteiger partial charge on any atom is 0.234 e. The normalized spacial score (nSPS) is 35.1. The predicted octanol–water partition coefficient (Wildman–Crippen LogP) is 4.37. The van der Waals surface area contributed by atoms with Crippen molar-refractivity contribution in [3.8, 4) is 0 Å². The predicted molar refractivity (Wildman–Crippen MR) is 118 cm³/mol. The van der Waals surface area contributed by atoms with Crippen molar-refractivity contribution < 1.29 is 14.4 Å². The van der Waals surface area contributed by atoms with Crippen LogP contribution < -0.4 is 0 Å². The van der Waals surface area contributed by atoms with Crippen LogP contribution in [-0.2, 0) is 14.4 Å². The second kappa shape index (κ2) is 7.77. The minimum atomic E-state index is -0.613. The molecule has 2 aliphatic carbocycles. The Hall–Kier alpha value is -2.14. The molecule has 7 unspecified atom stereocenters. The van der Waals surface area contributed by atoms with Gasteiger partial charge in [0.1, 0.15) is 0 Å². The SMILES string of the molecule is CC1CCCC(C)N1C(=O)CC(c1cccc(Cl)c1)N1C(=O)C2C3C=CC(C3)C2C1=O. The zero-order valence-corrected chi connectivity index (χ0v) is 18.8. The average molecular weight is 441 g/mol. The van der Waals surface area contributed by atoms with Crippen LogP contribution in [0, 0.1) is 23.7 Å². The van der Waals surface area contributed by atoms with Crippen LogP contribution in [0.15, 0.2) is 36.4 Å². The zero-order chi connectivity index (χ0) is 21.9. The molecule has 2 saturated heterocycles. The molecular formula is C25H29ClN2O3. The van der Waals surface area contributed by atoms with Gasteiger partial charge >= 0.3 is 0 Å². The first-order valence-corrected chi connectivity index (χ1v) is 11.9. The third-order valence-corrected chi connectivity index (χ3v) is 8.13. The molecule has 2 bridgehead atoms. The molecule has 31 heavy (non-hydrogen) atoms. The van der Waals surface area contributed by atoms with Gasteiger partial charge in [0.15, 0.2) is 0 Å². The number of imide groups is 1. The lowest BCUT2D eigenvalue weighted by Gasteiger charge is -2.40. The van der Waals surface area contributed by atoms with Gasteiger partial charge in [-0.25, -0.2) is 0 Å². The van der Waals surface area contributed by atoms with E-state index in [2.05, 4.69) is 26.0 Å². The van der Waals surface area contributed by atoms with Crippen molar-refractivity contribution in [2.75, 3.05) is 0 Å². The quantitative estimate of drug-likeness (QED) is 0.516. The summed E-state index contributed by atoms with van der Waals surface area (Å²) in [6.45, 7) is 4.17. The largest absolute Gasteiger partial charge is 0.337 e. The fraction of sp³-hybridized carbons (Fsp3) is 0.560.